The fourth-order valence-electron chi connectivity index (χ4n) is 1.67. The molecule has 0 fully saturated rings. The molecule has 0 radical (unpaired) electrons. The smallest absolute Gasteiger partial charge is 0.181 e. The Labute approximate surface area is 99.1 Å². The summed E-state index contributed by atoms with van der Waals surface area (Å²) in [5.41, 5.74) is 1.21. The van der Waals surface area contributed by atoms with Crippen LogP contribution < -0.4 is 5.32 Å². The number of anilines is 1. The average molecular weight is 233 g/mol. The van der Waals surface area contributed by atoms with E-state index in [1.807, 2.05) is 37.3 Å². The van der Waals surface area contributed by atoms with Gasteiger partial charge in [0.15, 0.2) is 11.6 Å². The summed E-state index contributed by atoms with van der Waals surface area (Å²) < 4.78 is 26.5. The van der Waals surface area contributed by atoms with E-state index < -0.39 is 11.6 Å². The van der Waals surface area contributed by atoms with Crippen LogP contribution in [-0.4, -0.2) is 0 Å². The van der Waals surface area contributed by atoms with Gasteiger partial charge in [0.2, 0.25) is 0 Å². The van der Waals surface area contributed by atoms with Gasteiger partial charge < -0.3 is 5.32 Å². The normalized spacial score (nSPS) is 12.2. The second kappa shape index (κ2) is 4.95. The van der Waals surface area contributed by atoms with Gasteiger partial charge in [-0.1, -0.05) is 36.4 Å². The molecule has 0 saturated carbocycles. The third kappa shape index (κ3) is 2.61. The Morgan fingerprint density at radius 2 is 1.65 bits per heavy atom. The minimum Gasteiger partial charge on any atom is -0.376 e. The molecule has 0 aliphatic heterocycles. The molecule has 0 saturated heterocycles. The molecular formula is C14H13F2N. The van der Waals surface area contributed by atoms with Crippen molar-refractivity contribution in [3.8, 4) is 0 Å². The highest BCUT2D eigenvalue weighted by Crippen LogP contribution is 2.22. The van der Waals surface area contributed by atoms with Gasteiger partial charge in [0.05, 0.1) is 5.69 Å². The second-order valence-corrected chi connectivity index (χ2v) is 3.88. The maximum absolute atomic E-state index is 13.4. The number of nitrogens with one attached hydrogen (secondary N) is 1. The van der Waals surface area contributed by atoms with E-state index in [9.17, 15) is 8.78 Å². The minimum atomic E-state index is -0.838. The fourth-order valence-corrected chi connectivity index (χ4v) is 1.67. The Morgan fingerprint density at radius 1 is 0.941 bits per heavy atom. The maximum atomic E-state index is 13.4. The molecule has 2 rings (SSSR count). The topological polar surface area (TPSA) is 12.0 Å². The van der Waals surface area contributed by atoms with E-state index in [2.05, 4.69) is 5.32 Å². The highest BCUT2D eigenvalue weighted by atomic mass is 19.2. The van der Waals surface area contributed by atoms with E-state index in [0.29, 0.717) is 0 Å². The molecule has 0 heterocycles. The molecule has 1 atom stereocenters. The van der Waals surface area contributed by atoms with Crippen LogP contribution in [0.25, 0.3) is 0 Å². The Kier molecular flexibility index (Phi) is 3.38. The zero-order valence-corrected chi connectivity index (χ0v) is 9.45. The molecule has 17 heavy (non-hydrogen) atoms. The van der Waals surface area contributed by atoms with Crippen molar-refractivity contribution >= 4 is 5.69 Å². The molecule has 0 spiro atoms. The third-order valence-electron chi connectivity index (χ3n) is 2.62. The summed E-state index contributed by atoms with van der Waals surface area (Å²) in [7, 11) is 0. The molecule has 1 N–H and O–H groups in total. The molecule has 0 amide bonds. The summed E-state index contributed by atoms with van der Waals surface area (Å²) in [6.45, 7) is 1.90. The van der Waals surface area contributed by atoms with Gasteiger partial charge in [0.25, 0.3) is 0 Å². The molecule has 2 aromatic rings. The summed E-state index contributed by atoms with van der Waals surface area (Å²) in [6, 6.07) is 13.7. The lowest BCUT2D eigenvalue weighted by Gasteiger charge is -2.16. The number of rotatable bonds is 3. The summed E-state index contributed by atoms with van der Waals surface area (Å²) >= 11 is 0. The van der Waals surface area contributed by atoms with E-state index in [-0.39, 0.29) is 11.7 Å². The van der Waals surface area contributed by atoms with Gasteiger partial charge in [-0.3, -0.25) is 0 Å². The first kappa shape index (κ1) is 11.6. The van der Waals surface area contributed by atoms with E-state index in [4.69, 9.17) is 0 Å². The Hall–Kier alpha value is -1.90. The number of benzene rings is 2. The van der Waals surface area contributed by atoms with Gasteiger partial charge in [-0.05, 0) is 24.6 Å². The molecule has 2 aromatic carbocycles. The van der Waals surface area contributed by atoms with Crippen LogP contribution in [0.1, 0.15) is 18.5 Å². The molecular weight excluding hydrogens is 220 g/mol. The molecule has 3 heteroatoms. The van der Waals surface area contributed by atoms with Crippen LogP contribution in [0.5, 0.6) is 0 Å². The molecule has 1 nitrogen and oxygen atoms in total. The number of hydrogen-bond donors (Lipinski definition) is 1. The quantitative estimate of drug-likeness (QED) is 0.840. The van der Waals surface area contributed by atoms with E-state index >= 15 is 0 Å². The molecule has 88 valence electrons. The SMILES string of the molecule is CC(Nc1cccc(F)c1F)c1ccccc1. The van der Waals surface area contributed by atoms with Crippen LogP contribution in [0.3, 0.4) is 0 Å². The molecule has 0 aromatic heterocycles. The first-order valence-corrected chi connectivity index (χ1v) is 5.44. The zero-order chi connectivity index (χ0) is 12.3. The minimum absolute atomic E-state index is 0.0764. The Morgan fingerprint density at radius 3 is 2.35 bits per heavy atom. The largest absolute Gasteiger partial charge is 0.376 e. The highest BCUT2D eigenvalue weighted by Gasteiger charge is 2.10. The van der Waals surface area contributed by atoms with Crippen LogP contribution in [0.4, 0.5) is 14.5 Å². The summed E-state index contributed by atoms with van der Waals surface area (Å²) in [5, 5.41) is 2.95. The van der Waals surface area contributed by atoms with Crippen molar-refractivity contribution in [2.75, 3.05) is 5.32 Å². The molecule has 0 aliphatic rings. The van der Waals surface area contributed by atoms with E-state index in [1.54, 1.807) is 0 Å². The van der Waals surface area contributed by atoms with Crippen LogP contribution in [-0.2, 0) is 0 Å². The standard InChI is InChI=1S/C14H13F2N/c1-10(11-6-3-2-4-7-11)17-13-9-5-8-12(15)14(13)16/h2-10,17H,1H3. The first-order chi connectivity index (χ1) is 8.18. The Balaban J connectivity index is 2.19. The van der Waals surface area contributed by atoms with Gasteiger partial charge in [-0.15, -0.1) is 0 Å². The monoisotopic (exact) mass is 233 g/mol. The maximum Gasteiger partial charge on any atom is 0.181 e. The lowest BCUT2D eigenvalue weighted by Crippen LogP contribution is -2.08. The van der Waals surface area contributed by atoms with Crippen LogP contribution in [0.15, 0.2) is 48.5 Å². The molecule has 0 aliphatic carbocycles. The van der Waals surface area contributed by atoms with Gasteiger partial charge in [-0.2, -0.15) is 0 Å². The van der Waals surface area contributed by atoms with Crippen molar-refractivity contribution in [1.82, 2.24) is 0 Å². The van der Waals surface area contributed by atoms with Gasteiger partial charge >= 0.3 is 0 Å². The van der Waals surface area contributed by atoms with E-state index in [0.717, 1.165) is 11.6 Å². The summed E-state index contributed by atoms with van der Waals surface area (Å²) in [6.07, 6.45) is 0. The van der Waals surface area contributed by atoms with Crippen molar-refractivity contribution in [2.24, 2.45) is 0 Å². The fraction of sp³-hybridized carbons (Fsp3) is 0.143. The van der Waals surface area contributed by atoms with Crippen molar-refractivity contribution in [2.45, 2.75) is 13.0 Å². The second-order valence-electron chi connectivity index (χ2n) is 3.88. The van der Waals surface area contributed by atoms with Gasteiger partial charge in [-0.25, -0.2) is 8.78 Å². The zero-order valence-electron chi connectivity index (χ0n) is 9.45. The Bertz CT molecular complexity index is 497. The van der Waals surface area contributed by atoms with Crippen LogP contribution in [0, 0.1) is 11.6 Å². The molecule has 0 bridgehead atoms. The predicted octanol–water partition coefficient (Wildman–Crippen LogP) is 4.14. The first-order valence-electron chi connectivity index (χ1n) is 5.44. The number of halogens is 2. The molecule has 1 unspecified atom stereocenters. The predicted molar refractivity (Wildman–Crippen MR) is 64.8 cm³/mol. The summed E-state index contributed by atoms with van der Waals surface area (Å²) in [5.74, 6) is -1.68. The van der Waals surface area contributed by atoms with Crippen molar-refractivity contribution in [3.63, 3.8) is 0 Å². The third-order valence-corrected chi connectivity index (χ3v) is 2.62. The van der Waals surface area contributed by atoms with Crippen molar-refractivity contribution < 1.29 is 8.78 Å². The van der Waals surface area contributed by atoms with Gasteiger partial charge in [0.1, 0.15) is 0 Å². The van der Waals surface area contributed by atoms with Crippen molar-refractivity contribution in [3.05, 3.63) is 65.7 Å². The highest BCUT2D eigenvalue weighted by molar-refractivity contribution is 5.47. The summed E-state index contributed by atoms with van der Waals surface area (Å²) in [4.78, 5) is 0. The average Bonchev–Trinajstić information content (AvgIpc) is 2.36. The number of hydrogen-bond acceptors (Lipinski definition) is 1. The van der Waals surface area contributed by atoms with E-state index in [1.165, 1.54) is 12.1 Å². The van der Waals surface area contributed by atoms with Crippen LogP contribution in [0.2, 0.25) is 0 Å². The lowest BCUT2D eigenvalue weighted by atomic mass is 10.1. The lowest BCUT2D eigenvalue weighted by molar-refractivity contribution is 0.510. The van der Waals surface area contributed by atoms with Crippen molar-refractivity contribution in [1.29, 1.82) is 0 Å². The van der Waals surface area contributed by atoms with Crippen LogP contribution >= 0.6 is 0 Å². The van der Waals surface area contributed by atoms with Gasteiger partial charge in [0, 0.05) is 6.04 Å².